The van der Waals surface area contributed by atoms with E-state index in [2.05, 4.69) is 10.6 Å². The molecule has 0 aromatic heterocycles. The predicted octanol–water partition coefficient (Wildman–Crippen LogP) is 0.475. The van der Waals surface area contributed by atoms with Crippen molar-refractivity contribution in [3.05, 3.63) is 5.37 Å². The lowest BCUT2D eigenvalue weighted by Gasteiger charge is -2.14. The van der Waals surface area contributed by atoms with Crippen molar-refractivity contribution in [3.8, 4) is 0 Å². The third-order valence-electron chi connectivity index (χ3n) is 1.61. The fraction of sp³-hybridized carbons (Fsp3) is 0.833. The van der Waals surface area contributed by atoms with Gasteiger partial charge < -0.3 is 5.32 Å². The van der Waals surface area contributed by atoms with Gasteiger partial charge in [0, 0.05) is 24.6 Å². The maximum absolute atomic E-state index is 3.44. The summed E-state index contributed by atoms with van der Waals surface area (Å²) in [5.41, 5.74) is 0. The molecule has 0 saturated carbocycles. The molecule has 0 spiro atoms. The van der Waals surface area contributed by atoms with Crippen molar-refractivity contribution in [1.82, 2.24) is 10.6 Å². The van der Waals surface area contributed by atoms with E-state index in [1.807, 2.05) is 23.5 Å². The van der Waals surface area contributed by atoms with Gasteiger partial charge in [-0.2, -0.15) is 0 Å². The quantitative estimate of drug-likeness (QED) is 0.605. The highest BCUT2D eigenvalue weighted by Crippen LogP contribution is 2.32. The van der Waals surface area contributed by atoms with Crippen molar-refractivity contribution in [2.75, 3.05) is 24.6 Å². The Hall–Kier alpha value is 0.620. The smallest absolute Gasteiger partial charge is 0.120 e. The Morgan fingerprint density at radius 2 is 2.30 bits per heavy atom. The minimum atomic E-state index is 0.590. The Kier molecular flexibility index (Phi) is 2.43. The van der Waals surface area contributed by atoms with Crippen LogP contribution in [0.3, 0.4) is 0 Å². The van der Waals surface area contributed by atoms with Crippen LogP contribution in [0, 0.1) is 5.37 Å². The molecular weight excluding hydrogens is 164 g/mol. The first-order chi connectivity index (χ1) is 4.97. The molecule has 0 aromatic rings. The number of thioether (sulfide) groups is 2. The van der Waals surface area contributed by atoms with Crippen molar-refractivity contribution in [1.29, 1.82) is 0 Å². The summed E-state index contributed by atoms with van der Waals surface area (Å²) in [6.45, 7) is 2.32. The minimum Gasteiger partial charge on any atom is -0.302 e. The molecule has 2 fully saturated rings. The van der Waals surface area contributed by atoms with E-state index in [9.17, 15) is 0 Å². The van der Waals surface area contributed by atoms with E-state index in [0.29, 0.717) is 5.37 Å². The molecule has 2 N–H and O–H groups in total. The lowest BCUT2D eigenvalue weighted by molar-refractivity contribution is 0.698. The molecule has 1 unspecified atom stereocenters. The zero-order valence-electron chi connectivity index (χ0n) is 5.72. The van der Waals surface area contributed by atoms with Gasteiger partial charge in [-0.25, -0.2) is 0 Å². The average molecular weight is 175 g/mol. The first kappa shape index (κ1) is 7.28. The van der Waals surface area contributed by atoms with Gasteiger partial charge in [-0.05, 0) is 0 Å². The molecule has 2 aliphatic rings. The van der Waals surface area contributed by atoms with Gasteiger partial charge >= 0.3 is 0 Å². The molecule has 0 aliphatic carbocycles. The number of hydrogen-bond acceptors (Lipinski definition) is 4. The first-order valence-corrected chi connectivity index (χ1v) is 5.59. The summed E-state index contributed by atoms with van der Waals surface area (Å²) in [5, 5.41) is 8.87. The van der Waals surface area contributed by atoms with E-state index in [4.69, 9.17) is 0 Å². The molecule has 1 atom stereocenters. The van der Waals surface area contributed by atoms with Gasteiger partial charge in [0.1, 0.15) is 5.37 Å². The highest BCUT2D eigenvalue weighted by molar-refractivity contribution is 8.05. The Bertz CT molecular complexity index is 94.3. The molecule has 2 saturated heterocycles. The van der Waals surface area contributed by atoms with Gasteiger partial charge in [0.25, 0.3) is 0 Å². The van der Waals surface area contributed by atoms with Crippen LogP contribution in [0.25, 0.3) is 0 Å². The normalized spacial score (nSPS) is 35.4. The summed E-state index contributed by atoms with van der Waals surface area (Å²) >= 11 is 3.97. The Morgan fingerprint density at radius 1 is 1.30 bits per heavy atom. The molecule has 10 heavy (non-hydrogen) atoms. The largest absolute Gasteiger partial charge is 0.302 e. The Labute approximate surface area is 69.9 Å². The van der Waals surface area contributed by atoms with Crippen LogP contribution >= 0.6 is 23.5 Å². The summed E-state index contributed by atoms with van der Waals surface area (Å²) in [5.74, 6) is 2.50. The van der Waals surface area contributed by atoms with Crippen LogP contribution in [0.5, 0.6) is 0 Å². The monoisotopic (exact) mass is 175 g/mol. The van der Waals surface area contributed by atoms with Crippen LogP contribution in [0.1, 0.15) is 0 Å². The standard InChI is InChI=1S/C6H11N2S2/c1-3-9-5(7-1)6-8-2-4-10-6/h5,7-8H,1-4H2. The second-order valence-corrected chi connectivity index (χ2v) is 4.69. The summed E-state index contributed by atoms with van der Waals surface area (Å²) in [7, 11) is 0. The zero-order chi connectivity index (χ0) is 6.81. The molecule has 0 aromatic carbocycles. The highest BCUT2D eigenvalue weighted by Gasteiger charge is 2.28. The van der Waals surface area contributed by atoms with Crippen LogP contribution in [-0.2, 0) is 0 Å². The van der Waals surface area contributed by atoms with Crippen LogP contribution in [0.2, 0.25) is 0 Å². The van der Waals surface area contributed by atoms with E-state index < -0.39 is 0 Å². The van der Waals surface area contributed by atoms with Crippen LogP contribution in [-0.4, -0.2) is 30.0 Å². The lowest BCUT2D eigenvalue weighted by Crippen LogP contribution is -2.31. The molecule has 0 bridgehead atoms. The number of rotatable bonds is 1. The highest BCUT2D eigenvalue weighted by atomic mass is 32.2. The van der Waals surface area contributed by atoms with Gasteiger partial charge in [-0.15, -0.1) is 23.5 Å². The second-order valence-electron chi connectivity index (χ2n) is 2.34. The van der Waals surface area contributed by atoms with Gasteiger partial charge in [-0.1, -0.05) is 0 Å². The van der Waals surface area contributed by atoms with Gasteiger partial charge in [0.2, 0.25) is 0 Å². The van der Waals surface area contributed by atoms with Gasteiger partial charge in [-0.3, -0.25) is 5.32 Å². The molecule has 2 heterocycles. The minimum absolute atomic E-state index is 0.590. The molecule has 2 aliphatic heterocycles. The third-order valence-corrected chi connectivity index (χ3v) is 4.04. The van der Waals surface area contributed by atoms with Crippen molar-refractivity contribution in [2.45, 2.75) is 5.37 Å². The average Bonchev–Trinajstić information content (AvgIpc) is 2.59. The Balaban J connectivity index is 1.85. The van der Waals surface area contributed by atoms with Gasteiger partial charge in [0.15, 0.2) is 0 Å². The number of hydrogen-bond donors (Lipinski definition) is 2. The zero-order valence-corrected chi connectivity index (χ0v) is 7.36. The molecule has 0 amide bonds. The maximum Gasteiger partial charge on any atom is 0.120 e. The molecule has 57 valence electrons. The van der Waals surface area contributed by atoms with Crippen LogP contribution in [0.15, 0.2) is 0 Å². The summed E-state index contributed by atoms with van der Waals surface area (Å²) in [6.07, 6.45) is 0. The molecule has 1 radical (unpaired) electrons. The molecular formula is C6H11N2S2. The van der Waals surface area contributed by atoms with Crippen molar-refractivity contribution in [2.24, 2.45) is 0 Å². The third kappa shape index (κ3) is 1.44. The maximum atomic E-state index is 3.44. The van der Waals surface area contributed by atoms with Crippen LogP contribution in [0.4, 0.5) is 0 Å². The SMILES string of the molecule is C1CS[C](C2NCCS2)N1. The first-order valence-electron chi connectivity index (χ1n) is 3.55. The van der Waals surface area contributed by atoms with E-state index in [0.717, 1.165) is 6.54 Å². The van der Waals surface area contributed by atoms with E-state index >= 15 is 0 Å². The van der Waals surface area contributed by atoms with E-state index in [1.165, 1.54) is 23.4 Å². The van der Waals surface area contributed by atoms with E-state index in [1.54, 1.807) is 0 Å². The fourth-order valence-corrected chi connectivity index (χ4v) is 3.36. The van der Waals surface area contributed by atoms with Crippen molar-refractivity contribution in [3.63, 3.8) is 0 Å². The number of nitrogens with one attached hydrogen (secondary N) is 2. The van der Waals surface area contributed by atoms with E-state index in [-0.39, 0.29) is 0 Å². The fourth-order valence-electron chi connectivity index (χ4n) is 1.15. The summed E-state index contributed by atoms with van der Waals surface area (Å²) in [4.78, 5) is 0. The second kappa shape index (κ2) is 3.34. The molecule has 2 rings (SSSR count). The van der Waals surface area contributed by atoms with Crippen LogP contribution < -0.4 is 10.6 Å². The lowest BCUT2D eigenvalue weighted by atomic mass is 10.5. The van der Waals surface area contributed by atoms with Gasteiger partial charge in [0.05, 0.1) is 5.37 Å². The summed E-state index contributed by atoms with van der Waals surface area (Å²) in [6, 6.07) is 0. The predicted molar refractivity (Wildman–Crippen MR) is 48.0 cm³/mol. The molecule has 2 nitrogen and oxygen atoms in total. The Morgan fingerprint density at radius 3 is 2.90 bits per heavy atom. The topological polar surface area (TPSA) is 24.1 Å². The molecule has 4 heteroatoms. The summed E-state index contributed by atoms with van der Waals surface area (Å²) < 4.78 is 0. The van der Waals surface area contributed by atoms with Crippen molar-refractivity contribution >= 4 is 23.5 Å². The van der Waals surface area contributed by atoms with Crippen molar-refractivity contribution < 1.29 is 0 Å².